The summed E-state index contributed by atoms with van der Waals surface area (Å²) in [7, 11) is 0. The van der Waals surface area contributed by atoms with Crippen molar-refractivity contribution < 1.29 is 5.11 Å². The molecule has 0 aliphatic carbocycles. The minimum absolute atomic E-state index is 0.0163. The molecule has 2 atom stereocenters. The van der Waals surface area contributed by atoms with Gasteiger partial charge in [-0.15, -0.1) is 11.3 Å². The first-order valence-corrected chi connectivity index (χ1v) is 8.14. The third kappa shape index (κ3) is 2.66. The van der Waals surface area contributed by atoms with Gasteiger partial charge in [-0.1, -0.05) is 6.07 Å². The minimum Gasteiger partial charge on any atom is -0.395 e. The lowest BCUT2D eigenvalue weighted by Gasteiger charge is -2.26. The molecule has 1 aliphatic heterocycles. The molecule has 2 N–H and O–H groups in total. The molecule has 6 heteroatoms. The fourth-order valence-electron chi connectivity index (χ4n) is 2.73. The summed E-state index contributed by atoms with van der Waals surface area (Å²) in [6.07, 6.45) is 1.80. The molecule has 21 heavy (non-hydrogen) atoms. The maximum Gasteiger partial charge on any atom is 0.170 e. The van der Waals surface area contributed by atoms with E-state index >= 15 is 0 Å². The fraction of sp³-hybridized carbons (Fsp3) is 0.333. The number of thiophene rings is 1. The Hall–Kier alpha value is -1.50. The molecule has 2 aromatic rings. The summed E-state index contributed by atoms with van der Waals surface area (Å²) < 4.78 is 0. The second-order valence-electron chi connectivity index (χ2n) is 5.01. The molecule has 0 unspecified atom stereocenters. The van der Waals surface area contributed by atoms with E-state index in [-0.39, 0.29) is 18.7 Å². The number of β-amino-alcohol motifs (C(OH)–C–C–N with tert-alkyl or cyclic N) is 1. The van der Waals surface area contributed by atoms with Crippen LogP contribution in [0.5, 0.6) is 0 Å². The van der Waals surface area contributed by atoms with Gasteiger partial charge in [-0.2, -0.15) is 0 Å². The highest BCUT2D eigenvalue weighted by molar-refractivity contribution is 7.80. The zero-order valence-electron chi connectivity index (χ0n) is 11.7. The molecule has 3 heterocycles. The predicted molar refractivity (Wildman–Crippen MR) is 88.3 cm³/mol. The average Bonchev–Trinajstić information content (AvgIpc) is 3.05. The lowest BCUT2D eigenvalue weighted by molar-refractivity contribution is 0.224. The first kappa shape index (κ1) is 14.4. The lowest BCUT2D eigenvalue weighted by Crippen LogP contribution is -2.32. The van der Waals surface area contributed by atoms with Crippen molar-refractivity contribution in [2.75, 3.05) is 13.2 Å². The second kappa shape index (κ2) is 6.09. The van der Waals surface area contributed by atoms with Crippen molar-refractivity contribution in [1.82, 2.24) is 15.2 Å². The first-order chi connectivity index (χ1) is 10.2. The van der Waals surface area contributed by atoms with Crippen molar-refractivity contribution in [3.8, 4) is 0 Å². The monoisotopic (exact) mass is 319 g/mol. The third-order valence-corrected chi connectivity index (χ3v) is 5.15. The van der Waals surface area contributed by atoms with E-state index in [1.54, 1.807) is 17.5 Å². The molecule has 1 fully saturated rings. The van der Waals surface area contributed by atoms with E-state index in [1.807, 2.05) is 18.2 Å². The highest BCUT2D eigenvalue weighted by Crippen LogP contribution is 2.41. The van der Waals surface area contributed by atoms with E-state index in [0.717, 1.165) is 5.69 Å². The fourth-order valence-corrected chi connectivity index (χ4v) is 4.13. The van der Waals surface area contributed by atoms with Crippen LogP contribution in [-0.4, -0.2) is 33.3 Å². The Kier molecular flexibility index (Phi) is 4.19. The Morgan fingerprint density at radius 1 is 1.43 bits per heavy atom. The Morgan fingerprint density at radius 3 is 2.90 bits per heavy atom. The first-order valence-electron chi connectivity index (χ1n) is 6.85. The molecule has 0 aromatic carbocycles. The summed E-state index contributed by atoms with van der Waals surface area (Å²) in [5, 5.41) is 15.5. The van der Waals surface area contributed by atoms with Crippen molar-refractivity contribution in [2.45, 2.75) is 19.0 Å². The van der Waals surface area contributed by atoms with Crippen molar-refractivity contribution >= 4 is 28.7 Å². The van der Waals surface area contributed by atoms with Gasteiger partial charge < -0.3 is 15.3 Å². The maximum absolute atomic E-state index is 9.34. The van der Waals surface area contributed by atoms with E-state index in [0.29, 0.717) is 11.7 Å². The van der Waals surface area contributed by atoms with Crippen LogP contribution in [-0.2, 0) is 0 Å². The largest absolute Gasteiger partial charge is 0.395 e. The normalized spacial score (nSPS) is 21.6. The molecular weight excluding hydrogens is 302 g/mol. The van der Waals surface area contributed by atoms with Gasteiger partial charge in [-0.3, -0.25) is 4.98 Å². The van der Waals surface area contributed by atoms with E-state index in [1.165, 1.54) is 10.4 Å². The Labute approximate surface area is 133 Å². The lowest BCUT2D eigenvalue weighted by atomic mass is 10.0. The molecule has 0 saturated carbocycles. The number of hydrogen-bond acceptors (Lipinski definition) is 4. The Balaban J connectivity index is 2.03. The topological polar surface area (TPSA) is 48.4 Å². The minimum atomic E-state index is 0.0163. The number of thiocarbonyl (C=S) groups is 1. The molecule has 1 saturated heterocycles. The van der Waals surface area contributed by atoms with Crippen molar-refractivity contribution in [3.63, 3.8) is 0 Å². The van der Waals surface area contributed by atoms with E-state index in [9.17, 15) is 5.11 Å². The van der Waals surface area contributed by atoms with Crippen LogP contribution >= 0.6 is 23.6 Å². The number of nitrogens with one attached hydrogen (secondary N) is 1. The molecule has 110 valence electrons. The molecular formula is C15H17N3OS2. The Morgan fingerprint density at radius 2 is 2.29 bits per heavy atom. The summed E-state index contributed by atoms with van der Waals surface area (Å²) in [5.41, 5.74) is 2.22. The molecule has 0 bridgehead atoms. The van der Waals surface area contributed by atoms with Crippen LogP contribution in [0.3, 0.4) is 0 Å². The highest BCUT2D eigenvalue weighted by atomic mass is 32.1. The summed E-state index contributed by atoms with van der Waals surface area (Å²) in [5.74, 6) is 0. The molecule has 0 spiro atoms. The Bertz CT molecular complexity index is 629. The van der Waals surface area contributed by atoms with Crippen LogP contribution < -0.4 is 5.32 Å². The average molecular weight is 319 g/mol. The maximum atomic E-state index is 9.34. The summed E-state index contributed by atoms with van der Waals surface area (Å²) in [4.78, 5) is 7.81. The quantitative estimate of drug-likeness (QED) is 0.848. The molecule has 0 radical (unpaired) electrons. The highest BCUT2D eigenvalue weighted by Gasteiger charge is 2.40. The number of rotatable bonds is 4. The van der Waals surface area contributed by atoms with Crippen LogP contribution in [0.1, 0.15) is 28.2 Å². The number of aromatic nitrogens is 1. The number of aliphatic hydroxyl groups is 1. The van der Waals surface area contributed by atoms with Crippen molar-refractivity contribution in [2.24, 2.45) is 0 Å². The zero-order chi connectivity index (χ0) is 14.8. The number of hydrogen-bond donors (Lipinski definition) is 2. The van der Waals surface area contributed by atoms with Gasteiger partial charge in [0.1, 0.15) is 0 Å². The standard InChI is InChI=1S/C15H17N3OS2/c1-10-5-9-21-14(10)13-12(11-4-2-3-6-16-11)17-15(20)18(13)7-8-19/h2-6,9,12-13,19H,7-8H2,1H3,(H,17,20)/t12-,13+/m1/s1. The second-order valence-corrected chi connectivity index (χ2v) is 6.35. The van der Waals surface area contributed by atoms with Gasteiger partial charge in [0.25, 0.3) is 0 Å². The van der Waals surface area contributed by atoms with Crippen molar-refractivity contribution in [1.29, 1.82) is 0 Å². The van der Waals surface area contributed by atoms with E-state index < -0.39 is 0 Å². The predicted octanol–water partition coefficient (Wildman–Crippen LogP) is 2.42. The van der Waals surface area contributed by atoms with Gasteiger partial charge in [0.05, 0.1) is 24.4 Å². The van der Waals surface area contributed by atoms with Gasteiger partial charge in [0.2, 0.25) is 0 Å². The molecule has 0 amide bonds. The van der Waals surface area contributed by atoms with Crippen molar-refractivity contribution in [3.05, 3.63) is 52.0 Å². The van der Waals surface area contributed by atoms with Gasteiger partial charge in [0.15, 0.2) is 5.11 Å². The summed E-state index contributed by atoms with van der Waals surface area (Å²) in [6, 6.07) is 8.13. The number of pyridine rings is 1. The summed E-state index contributed by atoms with van der Waals surface area (Å²) >= 11 is 7.18. The smallest absolute Gasteiger partial charge is 0.170 e. The SMILES string of the molecule is Cc1ccsc1[C@@H]1[C@@H](c2ccccn2)NC(=S)N1CCO. The zero-order valence-corrected chi connectivity index (χ0v) is 13.3. The summed E-state index contributed by atoms with van der Waals surface area (Å²) in [6.45, 7) is 2.72. The van der Waals surface area contributed by atoms with Crippen LogP contribution in [0.2, 0.25) is 0 Å². The molecule has 2 aromatic heterocycles. The molecule has 3 rings (SSSR count). The van der Waals surface area contributed by atoms with Crippen LogP contribution in [0, 0.1) is 6.92 Å². The number of nitrogens with zero attached hydrogens (tertiary/aromatic N) is 2. The van der Waals surface area contributed by atoms with Crippen LogP contribution in [0.25, 0.3) is 0 Å². The van der Waals surface area contributed by atoms with E-state index in [2.05, 4.69) is 33.6 Å². The third-order valence-electron chi connectivity index (χ3n) is 3.71. The van der Waals surface area contributed by atoms with Crippen LogP contribution in [0.15, 0.2) is 35.8 Å². The van der Waals surface area contributed by atoms with Gasteiger partial charge in [0, 0.05) is 17.6 Å². The number of aliphatic hydroxyl groups excluding tert-OH is 1. The number of aryl methyl sites for hydroxylation is 1. The van der Waals surface area contributed by atoms with Gasteiger partial charge in [-0.25, -0.2) is 0 Å². The van der Waals surface area contributed by atoms with Crippen LogP contribution in [0.4, 0.5) is 0 Å². The van der Waals surface area contributed by atoms with Gasteiger partial charge >= 0.3 is 0 Å². The van der Waals surface area contributed by atoms with Gasteiger partial charge in [-0.05, 0) is 48.3 Å². The molecule has 1 aliphatic rings. The van der Waals surface area contributed by atoms with E-state index in [4.69, 9.17) is 12.2 Å². The molecule has 4 nitrogen and oxygen atoms in total.